The van der Waals surface area contributed by atoms with Crippen LogP contribution in [0.15, 0.2) is 58.4 Å². The zero-order valence-corrected chi connectivity index (χ0v) is 22.2. The van der Waals surface area contributed by atoms with Crippen molar-refractivity contribution in [3.63, 3.8) is 0 Å². The van der Waals surface area contributed by atoms with Crippen molar-refractivity contribution < 1.29 is 22.7 Å². The number of aromatic nitrogens is 1. The number of pyridine rings is 1. The fourth-order valence-corrected chi connectivity index (χ4v) is 6.28. The second kappa shape index (κ2) is 11.4. The third-order valence-electron chi connectivity index (χ3n) is 6.82. The molecule has 9 nitrogen and oxygen atoms in total. The Bertz CT molecular complexity index is 1440. The predicted molar refractivity (Wildman–Crippen MR) is 142 cm³/mol. The minimum Gasteiger partial charge on any atom is -0.493 e. The van der Waals surface area contributed by atoms with Crippen LogP contribution < -0.4 is 20.3 Å². The van der Waals surface area contributed by atoms with Gasteiger partial charge in [-0.05, 0) is 48.9 Å². The number of carbonyl (C=O) groups excluding carboxylic acids is 1. The zero-order valence-electron chi connectivity index (χ0n) is 21.4. The molecule has 10 heteroatoms. The van der Waals surface area contributed by atoms with Gasteiger partial charge in [-0.25, -0.2) is 8.42 Å². The van der Waals surface area contributed by atoms with Gasteiger partial charge in [0.25, 0.3) is 5.56 Å². The van der Waals surface area contributed by atoms with Gasteiger partial charge < -0.3 is 19.4 Å². The van der Waals surface area contributed by atoms with E-state index in [0.717, 1.165) is 18.4 Å². The molecule has 3 aromatic rings. The quantitative estimate of drug-likeness (QED) is 0.459. The molecule has 0 spiro atoms. The lowest BCUT2D eigenvalue weighted by molar-refractivity contribution is -0.121. The van der Waals surface area contributed by atoms with Crippen molar-refractivity contribution in [1.82, 2.24) is 14.2 Å². The number of hydrogen-bond acceptors (Lipinski definition) is 6. The molecule has 198 valence electrons. The van der Waals surface area contributed by atoms with Crippen LogP contribution in [0.5, 0.6) is 11.5 Å². The number of fused-ring (bicyclic) bond motifs is 1. The highest BCUT2D eigenvalue weighted by molar-refractivity contribution is 7.89. The van der Waals surface area contributed by atoms with E-state index < -0.39 is 15.6 Å². The van der Waals surface area contributed by atoms with Gasteiger partial charge >= 0.3 is 0 Å². The monoisotopic (exact) mass is 527 g/mol. The van der Waals surface area contributed by atoms with Gasteiger partial charge in [-0.15, -0.1) is 0 Å². The molecule has 2 aromatic carbocycles. The summed E-state index contributed by atoms with van der Waals surface area (Å²) in [7, 11) is -0.707. The Balaban J connectivity index is 1.53. The first-order valence-corrected chi connectivity index (χ1v) is 13.8. The molecule has 1 aromatic heterocycles. The first kappa shape index (κ1) is 26.7. The van der Waals surface area contributed by atoms with Gasteiger partial charge in [-0.1, -0.05) is 31.2 Å². The SMILES string of the molecule is COc1ccc(CCNC(=O)Cn2cc(S(=O)(=O)N3CCC(C)CC3)c3ccccc3c2=O)cc1OC. The first-order chi connectivity index (χ1) is 17.7. The minimum absolute atomic E-state index is 0.0513. The van der Waals surface area contributed by atoms with E-state index in [1.807, 2.05) is 12.1 Å². The van der Waals surface area contributed by atoms with E-state index in [2.05, 4.69) is 12.2 Å². The molecule has 2 heterocycles. The summed E-state index contributed by atoms with van der Waals surface area (Å²) in [5.41, 5.74) is 0.543. The summed E-state index contributed by atoms with van der Waals surface area (Å²) < 4.78 is 40.4. The first-order valence-electron chi connectivity index (χ1n) is 12.3. The van der Waals surface area contributed by atoms with Gasteiger partial charge in [-0.3, -0.25) is 9.59 Å². The maximum absolute atomic E-state index is 13.6. The van der Waals surface area contributed by atoms with E-state index in [4.69, 9.17) is 9.47 Å². The van der Waals surface area contributed by atoms with Gasteiger partial charge in [0.05, 0.1) is 14.2 Å². The Morgan fingerprint density at radius 1 is 1.03 bits per heavy atom. The van der Waals surface area contributed by atoms with Crippen LogP contribution in [-0.4, -0.2) is 57.1 Å². The van der Waals surface area contributed by atoms with E-state index in [-0.39, 0.29) is 22.7 Å². The van der Waals surface area contributed by atoms with Crippen LogP contribution in [0.3, 0.4) is 0 Å². The zero-order chi connectivity index (χ0) is 26.6. The number of sulfonamides is 1. The lowest BCUT2D eigenvalue weighted by atomic mass is 10.0. The highest BCUT2D eigenvalue weighted by Crippen LogP contribution is 2.28. The fraction of sp³-hybridized carbons (Fsp3) is 0.407. The topological polar surface area (TPSA) is 107 Å². The molecule has 1 N–H and O–H groups in total. The molecule has 0 atom stereocenters. The summed E-state index contributed by atoms with van der Waals surface area (Å²) in [5, 5.41) is 3.46. The minimum atomic E-state index is -3.83. The molecule has 4 rings (SSSR count). The average Bonchev–Trinajstić information content (AvgIpc) is 2.90. The Morgan fingerprint density at radius 3 is 2.38 bits per heavy atom. The number of hydrogen-bond donors (Lipinski definition) is 1. The molecule has 1 aliphatic heterocycles. The van der Waals surface area contributed by atoms with Gasteiger partial charge in [0, 0.05) is 36.6 Å². The summed E-state index contributed by atoms with van der Waals surface area (Å²) in [6, 6.07) is 12.2. The molecule has 37 heavy (non-hydrogen) atoms. The second-order valence-electron chi connectivity index (χ2n) is 9.35. The number of nitrogens with zero attached hydrogens (tertiary/aromatic N) is 2. The van der Waals surface area contributed by atoms with Gasteiger partial charge in [0.15, 0.2) is 11.5 Å². The summed E-state index contributed by atoms with van der Waals surface area (Å²) in [4.78, 5) is 25.9. The lowest BCUT2D eigenvalue weighted by Crippen LogP contribution is -2.39. The standard InChI is InChI=1S/C27H33N3O6S/c1-19-11-14-30(15-12-19)37(33,34)25-17-29(27(32)22-7-5-4-6-21(22)25)18-26(31)28-13-10-20-8-9-23(35-2)24(16-20)36-3/h4-9,16-17,19H,10-15,18H2,1-3H3,(H,28,31). The molecule has 0 aliphatic carbocycles. The number of benzene rings is 2. The summed E-state index contributed by atoms with van der Waals surface area (Å²) in [6.07, 6.45) is 3.44. The van der Waals surface area contributed by atoms with Crippen molar-refractivity contribution in [2.24, 2.45) is 5.92 Å². The Hall–Kier alpha value is -3.37. The predicted octanol–water partition coefficient (Wildman–Crippen LogP) is 2.80. The Morgan fingerprint density at radius 2 is 1.70 bits per heavy atom. The molecule has 0 radical (unpaired) electrons. The highest BCUT2D eigenvalue weighted by atomic mass is 32.2. The molecular weight excluding hydrogens is 494 g/mol. The molecule has 1 fully saturated rings. The van der Waals surface area contributed by atoms with Crippen molar-refractivity contribution >= 4 is 26.7 Å². The summed E-state index contributed by atoms with van der Waals surface area (Å²) in [5.74, 6) is 1.31. The Kier molecular flexibility index (Phi) is 8.19. The van der Waals surface area contributed by atoms with E-state index in [1.165, 1.54) is 15.1 Å². The number of carbonyl (C=O) groups is 1. The second-order valence-corrected chi connectivity index (χ2v) is 11.3. The summed E-state index contributed by atoms with van der Waals surface area (Å²) >= 11 is 0. The van der Waals surface area contributed by atoms with Crippen molar-refractivity contribution in [1.29, 1.82) is 0 Å². The van der Waals surface area contributed by atoms with Crippen molar-refractivity contribution in [2.45, 2.75) is 37.6 Å². The van der Waals surface area contributed by atoms with Crippen LogP contribution in [0.2, 0.25) is 0 Å². The molecule has 1 amide bonds. The van der Waals surface area contributed by atoms with E-state index in [9.17, 15) is 18.0 Å². The number of ether oxygens (including phenoxy) is 2. The van der Waals surface area contributed by atoms with Gasteiger partial charge in [-0.2, -0.15) is 4.31 Å². The van der Waals surface area contributed by atoms with Crippen LogP contribution in [0.4, 0.5) is 0 Å². The number of nitrogens with one attached hydrogen (secondary N) is 1. The van der Waals surface area contributed by atoms with Crippen LogP contribution >= 0.6 is 0 Å². The maximum atomic E-state index is 13.6. The highest BCUT2D eigenvalue weighted by Gasteiger charge is 2.30. The fourth-order valence-electron chi connectivity index (χ4n) is 4.59. The average molecular weight is 528 g/mol. The third-order valence-corrected chi connectivity index (χ3v) is 8.74. The molecule has 0 unspecified atom stereocenters. The number of piperidine rings is 1. The molecule has 0 saturated carbocycles. The van der Waals surface area contributed by atoms with Gasteiger partial charge in [0.2, 0.25) is 15.9 Å². The van der Waals surface area contributed by atoms with Crippen LogP contribution in [-0.2, 0) is 27.8 Å². The van der Waals surface area contributed by atoms with Crippen LogP contribution in [0.25, 0.3) is 10.8 Å². The number of amides is 1. The van der Waals surface area contributed by atoms with Crippen molar-refractivity contribution in [3.8, 4) is 11.5 Å². The van der Waals surface area contributed by atoms with Crippen molar-refractivity contribution in [2.75, 3.05) is 33.9 Å². The van der Waals surface area contributed by atoms with E-state index in [1.54, 1.807) is 44.6 Å². The summed E-state index contributed by atoms with van der Waals surface area (Å²) in [6.45, 7) is 3.05. The van der Waals surface area contributed by atoms with Gasteiger partial charge in [0.1, 0.15) is 11.4 Å². The molecule has 0 bridgehead atoms. The van der Waals surface area contributed by atoms with Crippen LogP contribution in [0, 0.1) is 5.92 Å². The maximum Gasteiger partial charge on any atom is 0.258 e. The largest absolute Gasteiger partial charge is 0.493 e. The molecular formula is C27H33N3O6S. The van der Waals surface area contributed by atoms with Crippen LogP contribution in [0.1, 0.15) is 25.3 Å². The number of methoxy groups -OCH3 is 2. The normalized spacial score (nSPS) is 15.0. The number of rotatable bonds is 9. The van der Waals surface area contributed by atoms with E-state index in [0.29, 0.717) is 48.9 Å². The third kappa shape index (κ3) is 5.80. The van der Waals surface area contributed by atoms with E-state index >= 15 is 0 Å². The van der Waals surface area contributed by atoms with Crippen molar-refractivity contribution in [3.05, 3.63) is 64.6 Å². The Labute approximate surface area is 217 Å². The smallest absolute Gasteiger partial charge is 0.258 e. The molecule has 1 saturated heterocycles. The lowest BCUT2D eigenvalue weighted by Gasteiger charge is -2.30. The molecule has 1 aliphatic rings.